The fourth-order valence-electron chi connectivity index (χ4n) is 3.21. The number of carbonyl (C=O) groups is 1. The van der Waals surface area contributed by atoms with Gasteiger partial charge in [-0.15, -0.1) is 10.2 Å². The molecule has 2 heterocycles. The first-order chi connectivity index (χ1) is 15.8. The second kappa shape index (κ2) is 9.45. The van der Waals surface area contributed by atoms with Crippen LogP contribution in [0, 0.1) is 6.92 Å². The van der Waals surface area contributed by atoms with E-state index in [0.29, 0.717) is 11.0 Å². The third-order valence-electron chi connectivity index (χ3n) is 4.67. The summed E-state index contributed by atoms with van der Waals surface area (Å²) in [7, 11) is 0. The van der Waals surface area contributed by atoms with E-state index >= 15 is 0 Å². The summed E-state index contributed by atoms with van der Waals surface area (Å²) in [5, 5.41) is 11.3. The molecule has 0 unspecified atom stereocenters. The minimum absolute atomic E-state index is 0.146. The molecule has 33 heavy (non-hydrogen) atoms. The van der Waals surface area contributed by atoms with Gasteiger partial charge < -0.3 is 5.32 Å². The van der Waals surface area contributed by atoms with E-state index in [1.54, 1.807) is 24.5 Å². The molecular formula is C23H18F3N5OS. The number of pyridine rings is 1. The van der Waals surface area contributed by atoms with Gasteiger partial charge >= 0.3 is 6.18 Å². The predicted octanol–water partition coefficient (Wildman–Crippen LogP) is 5.39. The molecule has 1 amide bonds. The van der Waals surface area contributed by atoms with Crippen LogP contribution >= 0.6 is 11.8 Å². The van der Waals surface area contributed by atoms with E-state index in [1.165, 1.54) is 18.2 Å². The Balaban J connectivity index is 1.59. The molecule has 4 aromatic rings. The van der Waals surface area contributed by atoms with E-state index in [4.69, 9.17) is 0 Å². The van der Waals surface area contributed by atoms with Gasteiger partial charge in [-0.2, -0.15) is 13.2 Å². The third kappa shape index (κ3) is 5.23. The van der Waals surface area contributed by atoms with Crippen LogP contribution in [-0.4, -0.2) is 31.4 Å². The van der Waals surface area contributed by atoms with Gasteiger partial charge in [0.25, 0.3) is 0 Å². The maximum atomic E-state index is 13.2. The summed E-state index contributed by atoms with van der Waals surface area (Å²) in [5.74, 6) is -0.166. The minimum atomic E-state index is -4.57. The van der Waals surface area contributed by atoms with Crippen molar-refractivity contribution in [3.8, 4) is 17.1 Å². The molecule has 1 N–H and O–H groups in total. The number of aromatic nitrogens is 4. The number of nitrogens with one attached hydrogen (secondary N) is 1. The lowest BCUT2D eigenvalue weighted by atomic mass is 10.1. The summed E-state index contributed by atoms with van der Waals surface area (Å²) >= 11 is 1.08. The van der Waals surface area contributed by atoms with Crippen molar-refractivity contribution >= 4 is 23.4 Å². The Morgan fingerprint density at radius 3 is 2.52 bits per heavy atom. The lowest BCUT2D eigenvalue weighted by Gasteiger charge is -2.14. The summed E-state index contributed by atoms with van der Waals surface area (Å²) in [5.41, 5.74) is 1.44. The molecule has 0 aliphatic carbocycles. The van der Waals surface area contributed by atoms with Crippen LogP contribution in [0.2, 0.25) is 0 Å². The first-order valence-corrected chi connectivity index (χ1v) is 10.8. The topological polar surface area (TPSA) is 72.7 Å². The Morgan fingerprint density at radius 1 is 1.03 bits per heavy atom. The number of halogens is 3. The third-order valence-corrected chi connectivity index (χ3v) is 5.60. The molecular weight excluding hydrogens is 451 g/mol. The molecule has 168 valence electrons. The van der Waals surface area contributed by atoms with Gasteiger partial charge in [0.2, 0.25) is 5.91 Å². The molecule has 2 aromatic carbocycles. The highest BCUT2D eigenvalue weighted by molar-refractivity contribution is 7.99. The molecule has 0 saturated heterocycles. The fourth-order valence-corrected chi connectivity index (χ4v) is 3.96. The Morgan fingerprint density at radius 2 is 1.79 bits per heavy atom. The molecule has 0 fully saturated rings. The van der Waals surface area contributed by atoms with Gasteiger partial charge in [0.1, 0.15) is 0 Å². The Hall–Kier alpha value is -3.66. The molecule has 0 aliphatic rings. The summed E-state index contributed by atoms with van der Waals surface area (Å²) < 4.78 is 41.4. The average molecular weight is 469 g/mol. The van der Waals surface area contributed by atoms with Crippen LogP contribution in [0.15, 0.2) is 78.2 Å². The molecule has 0 radical (unpaired) electrons. The van der Waals surface area contributed by atoms with Crippen molar-refractivity contribution in [3.05, 3.63) is 84.2 Å². The van der Waals surface area contributed by atoms with Gasteiger partial charge in [-0.05, 0) is 48.9 Å². The van der Waals surface area contributed by atoms with Crippen molar-refractivity contribution in [2.75, 3.05) is 11.1 Å². The molecule has 0 atom stereocenters. The maximum Gasteiger partial charge on any atom is 0.418 e. The second-order valence-corrected chi connectivity index (χ2v) is 8.04. The molecule has 4 rings (SSSR count). The predicted molar refractivity (Wildman–Crippen MR) is 120 cm³/mol. The van der Waals surface area contributed by atoms with Crippen molar-refractivity contribution in [3.63, 3.8) is 0 Å². The van der Waals surface area contributed by atoms with Crippen LogP contribution in [0.25, 0.3) is 17.1 Å². The second-order valence-electron chi connectivity index (χ2n) is 7.10. The highest BCUT2D eigenvalue weighted by Crippen LogP contribution is 2.35. The van der Waals surface area contributed by atoms with E-state index in [1.807, 2.05) is 35.8 Å². The van der Waals surface area contributed by atoms with Gasteiger partial charge in [0.05, 0.1) is 17.0 Å². The van der Waals surface area contributed by atoms with Crippen molar-refractivity contribution in [2.24, 2.45) is 0 Å². The van der Waals surface area contributed by atoms with Crippen LogP contribution in [0.5, 0.6) is 0 Å². The number of rotatable bonds is 6. The zero-order valence-electron chi connectivity index (χ0n) is 17.4. The van der Waals surface area contributed by atoms with E-state index in [9.17, 15) is 18.0 Å². The number of thioether (sulfide) groups is 1. The number of nitrogens with zero attached hydrogens (tertiary/aromatic N) is 4. The number of hydrogen-bond donors (Lipinski definition) is 1. The molecule has 0 aliphatic heterocycles. The first-order valence-electron chi connectivity index (χ1n) is 9.84. The molecule has 10 heteroatoms. The highest BCUT2D eigenvalue weighted by atomic mass is 32.2. The van der Waals surface area contributed by atoms with Gasteiger partial charge in [-0.3, -0.25) is 14.3 Å². The Kier molecular flexibility index (Phi) is 6.45. The molecule has 0 saturated carbocycles. The zero-order chi connectivity index (χ0) is 23.4. The lowest BCUT2D eigenvalue weighted by Crippen LogP contribution is -2.18. The SMILES string of the molecule is Cc1cccc(-n2c(SCC(=O)Nc3ccccc3C(F)(F)F)nnc2-c2ccncc2)c1. The zero-order valence-corrected chi connectivity index (χ0v) is 18.2. The van der Waals surface area contributed by atoms with Gasteiger partial charge in [-0.25, -0.2) is 0 Å². The number of carbonyl (C=O) groups excluding carboxylic acids is 1. The number of benzene rings is 2. The number of para-hydroxylation sites is 1. The summed E-state index contributed by atoms with van der Waals surface area (Å²) in [4.78, 5) is 16.5. The van der Waals surface area contributed by atoms with Crippen molar-refractivity contribution in [1.82, 2.24) is 19.7 Å². The molecule has 0 bridgehead atoms. The Bertz CT molecular complexity index is 1270. The average Bonchev–Trinajstić information content (AvgIpc) is 3.22. The van der Waals surface area contributed by atoms with Crippen molar-refractivity contribution in [1.29, 1.82) is 0 Å². The molecule has 2 aromatic heterocycles. The number of anilines is 1. The van der Waals surface area contributed by atoms with Crippen LogP contribution < -0.4 is 5.32 Å². The smallest absolute Gasteiger partial charge is 0.325 e. The summed E-state index contributed by atoms with van der Waals surface area (Å²) in [6.07, 6.45) is -1.28. The van der Waals surface area contributed by atoms with Crippen LogP contribution in [0.1, 0.15) is 11.1 Å². The monoisotopic (exact) mass is 469 g/mol. The largest absolute Gasteiger partial charge is 0.418 e. The quantitative estimate of drug-likeness (QED) is 0.384. The van der Waals surface area contributed by atoms with Crippen LogP contribution in [0.3, 0.4) is 0 Å². The van der Waals surface area contributed by atoms with Crippen LogP contribution in [-0.2, 0) is 11.0 Å². The fraction of sp³-hybridized carbons (Fsp3) is 0.130. The summed E-state index contributed by atoms with van der Waals surface area (Å²) in [6.45, 7) is 1.96. The van der Waals surface area contributed by atoms with Crippen molar-refractivity contribution < 1.29 is 18.0 Å². The standard InChI is InChI=1S/C23H18F3N5OS/c1-15-5-4-6-17(13-15)31-21(16-9-11-27-12-10-16)29-30-22(31)33-14-20(32)28-19-8-3-2-7-18(19)23(24,25)26/h2-13H,14H2,1H3,(H,28,32). The molecule has 0 spiro atoms. The number of hydrogen-bond acceptors (Lipinski definition) is 5. The number of amides is 1. The normalized spacial score (nSPS) is 11.4. The van der Waals surface area contributed by atoms with E-state index in [-0.39, 0.29) is 11.4 Å². The number of aryl methyl sites for hydroxylation is 1. The van der Waals surface area contributed by atoms with E-state index < -0.39 is 17.6 Å². The molecule has 6 nitrogen and oxygen atoms in total. The number of alkyl halides is 3. The summed E-state index contributed by atoms with van der Waals surface area (Å²) in [6, 6.07) is 16.2. The lowest BCUT2D eigenvalue weighted by molar-refractivity contribution is -0.137. The minimum Gasteiger partial charge on any atom is -0.325 e. The maximum absolute atomic E-state index is 13.2. The first kappa shape index (κ1) is 22.5. The van der Waals surface area contributed by atoms with Gasteiger partial charge in [0, 0.05) is 23.6 Å². The van der Waals surface area contributed by atoms with E-state index in [0.717, 1.165) is 34.6 Å². The van der Waals surface area contributed by atoms with Gasteiger partial charge in [-0.1, -0.05) is 36.0 Å². The van der Waals surface area contributed by atoms with E-state index in [2.05, 4.69) is 20.5 Å². The Labute approximate surface area is 191 Å². The van der Waals surface area contributed by atoms with Gasteiger partial charge in [0.15, 0.2) is 11.0 Å². The van der Waals surface area contributed by atoms with Crippen LogP contribution in [0.4, 0.5) is 18.9 Å². The van der Waals surface area contributed by atoms with Crippen molar-refractivity contribution in [2.45, 2.75) is 18.3 Å². The highest BCUT2D eigenvalue weighted by Gasteiger charge is 2.33.